The summed E-state index contributed by atoms with van der Waals surface area (Å²) in [4.78, 5) is 85.8. The van der Waals surface area contributed by atoms with Gasteiger partial charge < -0.3 is 50.6 Å². The van der Waals surface area contributed by atoms with Crippen LogP contribution in [0.15, 0.2) is 18.2 Å². The average molecular weight is 760 g/mol. The molecule has 0 radical (unpaired) electrons. The van der Waals surface area contributed by atoms with E-state index in [-0.39, 0.29) is 30.8 Å². The maximum Gasteiger partial charge on any atom is 0.508 e. The van der Waals surface area contributed by atoms with Crippen molar-refractivity contribution in [3.8, 4) is 5.75 Å². The van der Waals surface area contributed by atoms with Gasteiger partial charge in [-0.25, -0.2) is 14.0 Å². The van der Waals surface area contributed by atoms with Crippen molar-refractivity contribution in [1.29, 1.82) is 0 Å². The Balaban J connectivity index is 2.02. The van der Waals surface area contributed by atoms with Gasteiger partial charge >= 0.3 is 24.2 Å². The van der Waals surface area contributed by atoms with Gasteiger partial charge in [0.15, 0.2) is 0 Å². The summed E-state index contributed by atoms with van der Waals surface area (Å²) in [7, 11) is 0. The third-order valence-electron chi connectivity index (χ3n) is 7.10. The highest BCUT2D eigenvalue weighted by Gasteiger charge is 2.58. The monoisotopic (exact) mass is 759 g/mol. The number of nitrogens with one attached hydrogen (secondary N) is 4. The molecule has 1 aliphatic rings. The smallest absolute Gasteiger partial charge is 0.486 e. The van der Waals surface area contributed by atoms with Gasteiger partial charge in [-0.3, -0.25) is 24.0 Å². The quantitative estimate of drug-likeness (QED) is 0.0571. The van der Waals surface area contributed by atoms with Gasteiger partial charge in [-0.15, -0.1) is 0 Å². The lowest BCUT2D eigenvalue weighted by Crippen LogP contribution is -2.63. The number of hydrogen-bond donors (Lipinski definition) is 6. The van der Waals surface area contributed by atoms with Crippen LogP contribution >= 0.6 is 0 Å². The second kappa shape index (κ2) is 17.7. The predicted octanol–water partition coefficient (Wildman–Crippen LogP) is 0.128. The van der Waals surface area contributed by atoms with Crippen molar-refractivity contribution in [3.63, 3.8) is 0 Å². The lowest BCUT2D eigenvalue weighted by Gasteiger charge is -2.29. The molecule has 1 aromatic rings. The van der Waals surface area contributed by atoms with E-state index in [0.717, 1.165) is 35.3 Å². The second-order valence-electron chi connectivity index (χ2n) is 11.3. The lowest BCUT2D eigenvalue weighted by atomic mass is 10.0. The Bertz CT molecular complexity index is 1530. The first-order chi connectivity index (χ1) is 24.0. The molecule has 0 aromatic heterocycles. The van der Waals surface area contributed by atoms with Crippen molar-refractivity contribution in [2.75, 3.05) is 37.7 Å². The number of hydrogen-bond acceptors (Lipinski definition) is 11. The zero-order valence-corrected chi connectivity index (χ0v) is 27.6. The number of anilines is 1. The molecule has 1 aliphatic heterocycles. The number of ether oxygens (including phenoxy) is 3. The lowest BCUT2D eigenvalue weighted by molar-refractivity contribution is -0.278. The van der Waals surface area contributed by atoms with Crippen molar-refractivity contribution in [1.82, 2.24) is 21.3 Å². The first-order valence-corrected chi connectivity index (χ1v) is 15.1. The molecular weight excluding hydrogens is 724 g/mol. The Morgan fingerprint density at radius 2 is 1.65 bits per heavy atom. The van der Waals surface area contributed by atoms with E-state index in [2.05, 4.69) is 10.6 Å². The fourth-order valence-electron chi connectivity index (χ4n) is 4.27. The van der Waals surface area contributed by atoms with Gasteiger partial charge in [-0.2, -0.15) is 22.0 Å². The van der Waals surface area contributed by atoms with Crippen molar-refractivity contribution in [2.45, 2.75) is 69.5 Å². The highest BCUT2D eigenvalue weighted by molar-refractivity contribution is 6.10. The average Bonchev–Trinajstić information content (AvgIpc) is 3.12. The number of amides is 5. The number of benzene rings is 1. The number of carboxylic acid groups (broad SMARTS) is 1. The number of rotatable bonds is 16. The summed E-state index contributed by atoms with van der Waals surface area (Å²) in [5.74, 6) is -13.7. The van der Waals surface area contributed by atoms with E-state index in [1.807, 2.05) is 5.32 Å². The van der Waals surface area contributed by atoms with E-state index >= 15 is 0 Å². The summed E-state index contributed by atoms with van der Waals surface area (Å²) >= 11 is 0. The predicted molar refractivity (Wildman–Crippen MR) is 160 cm³/mol. The van der Waals surface area contributed by atoms with Crippen LogP contribution in [0.1, 0.15) is 33.6 Å². The van der Waals surface area contributed by atoms with E-state index in [4.69, 9.17) is 19.3 Å². The van der Waals surface area contributed by atoms with Gasteiger partial charge in [0.2, 0.25) is 17.4 Å². The van der Waals surface area contributed by atoms with E-state index in [1.165, 1.54) is 6.92 Å². The van der Waals surface area contributed by atoms with Crippen LogP contribution in [0.2, 0.25) is 0 Å². The molecule has 2 rings (SSSR count). The van der Waals surface area contributed by atoms with Gasteiger partial charge in [0.05, 0.1) is 25.3 Å². The molecule has 0 saturated heterocycles. The number of aliphatic carboxylic acids is 1. The molecule has 0 fully saturated rings. The minimum Gasteiger partial charge on any atom is -0.486 e. The number of fused-ring (bicyclic) bond motifs is 1. The van der Waals surface area contributed by atoms with E-state index < -0.39 is 110 Å². The van der Waals surface area contributed by atoms with Crippen molar-refractivity contribution in [3.05, 3.63) is 24.0 Å². The van der Waals surface area contributed by atoms with Crippen LogP contribution in [0.3, 0.4) is 0 Å². The molecular formula is C29H35F6N5O12. The number of carboxylic acids is 1. The van der Waals surface area contributed by atoms with Crippen molar-refractivity contribution >= 4 is 47.3 Å². The number of halogens is 6. The molecule has 290 valence electrons. The zero-order chi connectivity index (χ0) is 39.6. The Morgan fingerprint density at radius 1 is 1.02 bits per heavy atom. The van der Waals surface area contributed by atoms with Gasteiger partial charge in [0.1, 0.15) is 43.0 Å². The van der Waals surface area contributed by atoms with E-state index in [1.54, 1.807) is 0 Å². The highest BCUT2D eigenvalue weighted by atomic mass is 19.4. The maximum absolute atomic E-state index is 14.2. The Hall–Kier alpha value is -5.35. The summed E-state index contributed by atoms with van der Waals surface area (Å²) in [5, 5.41) is 27.1. The summed E-state index contributed by atoms with van der Waals surface area (Å²) < 4.78 is 93.5. The number of carbonyl (C=O) groups excluding carboxylic acids is 6. The third kappa shape index (κ3) is 11.9. The Kier molecular flexibility index (Phi) is 14.6. The summed E-state index contributed by atoms with van der Waals surface area (Å²) in [6.07, 6.45) is -9.19. The van der Waals surface area contributed by atoms with Crippen molar-refractivity contribution < 1.29 is 84.3 Å². The molecule has 17 nitrogen and oxygen atoms in total. The molecule has 5 amide bonds. The van der Waals surface area contributed by atoms with E-state index in [0.29, 0.717) is 6.92 Å². The number of nitrogens with zero attached hydrogens (tertiary/aromatic N) is 1. The summed E-state index contributed by atoms with van der Waals surface area (Å²) in [5.41, 5.74) is -3.52. The van der Waals surface area contributed by atoms with Gasteiger partial charge in [-0.1, -0.05) is 0 Å². The first kappa shape index (κ1) is 42.8. The number of alkyl halides is 5. The van der Waals surface area contributed by atoms with Gasteiger partial charge in [-0.05, 0) is 32.4 Å². The molecule has 0 aliphatic carbocycles. The molecule has 52 heavy (non-hydrogen) atoms. The summed E-state index contributed by atoms with van der Waals surface area (Å²) in [6.45, 7) is -1.34. The largest absolute Gasteiger partial charge is 0.508 e. The standard InChI is InChI=1S/C29H35F6N5O12/c1-14-21(39-25(47)27(3,49)24(46)37-13-28(31,32)29(33,34)35)22(43)40(18-12-16(30)4-6-19(18)52-14)9-11-51-26(48)50-10-8-36-20(42)7-5-17(23(44)45)38-15(2)41/h4,6,12,14,17,21,49H,5,7-11,13H2,1-3H3,(H,36,42)(H,37,46)(H,38,41)(H,39,47)(H,44,45)/t14-,17+,21+,27?/m1/s1. The van der Waals surface area contributed by atoms with Gasteiger partial charge in [0, 0.05) is 19.4 Å². The fraction of sp³-hybridized carbons (Fsp3) is 0.552. The van der Waals surface area contributed by atoms with Crippen LogP contribution < -0.4 is 30.9 Å². The topological polar surface area (TPSA) is 239 Å². The van der Waals surface area contributed by atoms with Crippen LogP contribution in [0, 0.1) is 5.82 Å². The van der Waals surface area contributed by atoms with Gasteiger partial charge in [0.25, 0.3) is 17.7 Å². The zero-order valence-electron chi connectivity index (χ0n) is 27.6. The molecule has 0 bridgehead atoms. The SMILES string of the molecule is CC(=O)N[C@@H](CCC(=O)NCCOC(=O)OCCN1C(=O)[C@@H](NC(=O)C(C)(O)C(=O)NCC(F)(F)C(F)(F)F)[C@@H](C)Oc2ccc(F)cc21)C(=O)O. The van der Waals surface area contributed by atoms with Crippen LogP contribution in [0.25, 0.3) is 0 Å². The normalized spacial score (nSPS) is 17.6. The minimum absolute atomic E-state index is 0.122. The molecule has 6 N–H and O–H groups in total. The molecule has 23 heteroatoms. The van der Waals surface area contributed by atoms with E-state index in [9.17, 15) is 65.0 Å². The Labute approximate surface area is 290 Å². The first-order valence-electron chi connectivity index (χ1n) is 15.1. The number of aliphatic hydroxyl groups is 1. The van der Waals surface area contributed by atoms with Crippen LogP contribution in [-0.2, 0) is 38.2 Å². The molecule has 0 spiro atoms. The van der Waals surface area contributed by atoms with Crippen LogP contribution in [0.5, 0.6) is 5.75 Å². The number of carbonyl (C=O) groups is 7. The highest BCUT2D eigenvalue weighted by Crippen LogP contribution is 2.35. The second-order valence-corrected chi connectivity index (χ2v) is 11.3. The minimum atomic E-state index is -6.06. The molecule has 1 aromatic carbocycles. The fourth-order valence-corrected chi connectivity index (χ4v) is 4.27. The van der Waals surface area contributed by atoms with Crippen LogP contribution in [-0.4, -0.2) is 121 Å². The van der Waals surface area contributed by atoms with Crippen molar-refractivity contribution in [2.24, 2.45) is 0 Å². The molecule has 0 saturated carbocycles. The molecule has 1 unspecified atom stereocenters. The maximum atomic E-state index is 14.2. The third-order valence-corrected chi connectivity index (χ3v) is 7.10. The summed E-state index contributed by atoms with van der Waals surface area (Å²) in [6, 6.07) is -0.182. The molecule has 1 heterocycles. The Morgan fingerprint density at radius 3 is 2.25 bits per heavy atom. The van der Waals surface area contributed by atoms with Crippen LogP contribution in [0.4, 0.5) is 36.8 Å². The molecule has 4 atom stereocenters.